The molecule has 2 rings (SSSR count). The minimum Gasteiger partial charge on any atom is -0.326 e. The molecular weight excluding hydrogens is 252 g/mol. The first kappa shape index (κ1) is 12.9. The van der Waals surface area contributed by atoms with Crippen molar-refractivity contribution in [2.24, 2.45) is 0 Å². The Balaban J connectivity index is 2.38. The smallest absolute Gasteiger partial charge is 0.235 e. The fraction of sp³-hybridized carbons (Fsp3) is 0.417. The molecule has 1 aliphatic heterocycles. The van der Waals surface area contributed by atoms with Gasteiger partial charge in [-0.3, -0.25) is 9.10 Å². The van der Waals surface area contributed by atoms with Gasteiger partial charge in [0.2, 0.25) is 15.9 Å². The van der Waals surface area contributed by atoms with Gasteiger partial charge in [0.05, 0.1) is 11.4 Å². The summed E-state index contributed by atoms with van der Waals surface area (Å²) in [5.41, 5.74) is 2.18. The summed E-state index contributed by atoms with van der Waals surface area (Å²) in [5.74, 6) is 0.0237. The minimum absolute atomic E-state index is 0.167. The summed E-state index contributed by atoms with van der Waals surface area (Å²) in [4.78, 5) is 11.1. The molecule has 0 bridgehead atoms. The topological polar surface area (TPSA) is 66.5 Å². The van der Waals surface area contributed by atoms with Crippen LogP contribution >= 0.6 is 0 Å². The number of carbonyl (C=O) groups is 1. The average molecular weight is 268 g/mol. The second-order valence-corrected chi connectivity index (χ2v) is 6.43. The van der Waals surface area contributed by atoms with Gasteiger partial charge in [-0.1, -0.05) is 6.07 Å². The molecule has 1 aromatic carbocycles. The molecule has 98 valence electrons. The Morgan fingerprint density at radius 3 is 2.67 bits per heavy atom. The van der Waals surface area contributed by atoms with Crippen LogP contribution in [0, 0.1) is 6.92 Å². The number of rotatable bonds is 2. The maximum Gasteiger partial charge on any atom is 0.235 e. The first-order chi connectivity index (χ1) is 8.40. The lowest BCUT2D eigenvalue weighted by Gasteiger charge is -2.18. The van der Waals surface area contributed by atoms with Crippen molar-refractivity contribution >= 4 is 27.3 Å². The predicted octanol–water partition coefficient (Wildman–Crippen LogP) is 1.49. The first-order valence-electron chi connectivity index (χ1n) is 5.79. The number of carbonyl (C=O) groups excluding carboxylic acids is 1. The van der Waals surface area contributed by atoms with Crippen LogP contribution in [0.1, 0.15) is 18.9 Å². The number of benzene rings is 1. The molecule has 0 atom stereocenters. The van der Waals surface area contributed by atoms with Gasteiger partial charge in [0.1, 0.15) is 0 Å². The van der Waals surface area contributed by atoms with Crippen molar-refractivity contribution in [2.45, 2.75) is 20.3 Å². The Bertz CT molecular complexity index is 581. The summed E-state index contributed by atoms with van der Waals surface area (Å²) in [6.45, 7) is 3.80. The molecule has 0 saturated carbocycles. The molecular formula is C12H16N2O3S. The second kappa shape index (κ2) is 4.61. The van der Waals surface area contributed by atoms with E-state index in [4.69, 9.17) is 0 Å². The second-order valence-electron chi connectivity index (χ2n) is 4.42. The van der Waals surface area contributed by atoms with E-state index in [-0.39, 0.29) is 11.7 Å². The van der Waals surface area contributed by atoms with Gasteiger partial charge in [-0.15, -0.1) is 0 Å². The van der Waals surface area contributed by atoms with Crippen molar-refractivity contribution in [3.8, 4) is 0 Å². The molecule has 6 heteroatoms. The van der Waals surface area contributed by atoms with Gasteiger partial charge in [0, 0.05) is 19.2 Å². The molecule has 1 amide bonds. The lowest BCUT2D eigenvalue weighted by Crippen LogP contribution is -2.25. The van der Waals surface area contributed by atoms with Gasteiger partial charge < -0.3 is 5.32 Å². The summed E-state index contributed by atoms with van der Waals surface area (Å²) in [5, 5.41) is 2.70. The molecule has 0 spiro atoms. The van der Waals surface area contributed by atoms with Crippen LogP contribution in [0.25, 0.3) is 0 Å². The third kappa shape index (κ3) is 2.48. The van der Waals surface area contributed by atoms with E-state index in [1.54, 1.807) is 12.1 Å². The van der Waals surface area contributed by atoms with E-state index in [1.807, 2.05) is 13.0 Å². The maximum atomic E-state index is 11.8. The standard InChI is InChI=1S/C12H16N2O3S/c1-9-4-5-11(8-12(9)13-10(2)15)14-6-3-7-18(14,16)17/h4-5,8H,3,6-7H2,1-2H3,(H,13,15). The lowest BCUT2D eigenvalue weighted by atomic mass is 10.1. The maximum absolute atomic E-state index is 11.8. The Labute approximate surface area is 107 Å². The average Bonchev–Trinajstić information content (AvgIpc) is 2.61. The summed E-state index contributed by atoms with van der Waals surface area (Å²) in [7, 11) is -3.18. The first-order valence-corrected chi connectivity index (χ1v) is 7.40. The SMILES string of the molecule is CC(=O)Nc1cc(N2CCCS2(=O)=O)ccc1C. The molecule has 1 fully saturated rings. The third-order valence-electron chi connectivity index (χ3n) is 2.92. The lowest BCUT2D eigenvalue weighted by molar-refractivity contribution is -0.114. The molecule has 18 heavy (non-hydrogen) atoms. The summed E-state index contributed by atoms with van der Waals surface area (Å²) in [6.07, 6.45) is 0.645. The van der Waals surface area contributed by atoms with Crippen LogP contribution in [0.5, 0.6) is 0 Å². The van der Waals surface area contributed by atoms with Crippen molar-refractivity contribution in [1.82, 2.24) is 0 Å². The van der Waals surface area contributed by atoms with Gasteiger partial charge >= 0.3 is 0 Å². The largest absolute Gasteiger partial charge is 0.326 e. The van der Waals surface area contributed by atoms with Crippen LogP contribution in [0.2, 0.25) is 0 Å². The van der Waals surface area contributed by atoms with Crippen LogP contribution in [-0.2, 0) is 14.8 Å². The van der Waals surface area contributed by atoms with E-state index in [1.165, 1.54) is 11.2 Å². The van der Waals surface area contributed by atoms with Crippen LogP contribution in [0.3, 0.4) is 0 Å². The van der Waals surface area contributed by atoms with E-state index >= 15 is 0 Å². The monoisotopic (exact) mass is 268 g/mol. The number of nitrogens with zero attached hydrogens (tertiary/aromatic N) is 1. The highest BCUT2D eigenvalue weighted by Gasteiger charge is 2.28. The summed E-state index contributed by atoms with van der Waals surface area (Å²) in [6, 6.07) is 5.29. The quantitative estimate of drug-likeness (QED) is 0.883. The molecule has 0 aliphatic carbocycles. The van der Waals surface area contributed by atoms with E-state index in [0.29, 0.717) is 24.3 Å². The predicted molar refractivity (Wildman–Crippen MR) is 71.2 cm³/mol. The zero-order chi connectivity index (χ0) is 13.3. The van der Waals surface area contributed by atoms with Crippen molar-refractivity contribution in [1.29, 1.82) is 0 Å². The molecule has 1 heterocycles. The van der Waals surface area contributed by atoms with Gasteiger partial charge in [-0.25, -0.2) is 8.42 Å². The number of hydrogen-bond acceptors (Lipinski definition) is 3. The fourth-order valence-corrected chi connectivity index (χ4v) is 3.58. The van der Waals surface area contributed by atoms with Crippen molar-refractivity contribution in [2.75, 3.05) is 21.9 Å². The molecule has 5 nitrogen and oxygen atoms in total. The molecule has 1 aromatic rings. The van der Waals surface area contributed by atoms with Gasteiger partial charge in [0.25, 0.3) is 0 Å². The number of anilines is 2. The Kier molecular flexibility index (Phi) is 3.30. The fourth-order valence-electron chi connectivity index (χ4n) is 2.02. The van der Waals surface area contributed by atoms with Gasteiger partial charge in [-0.05, 0) is 31.0 Å². The molecule has 1 N–H and O–H groups in total. The molecule has 0 aromatic heterocycles. The van der Waals surface area contributed by atoms with E-state index in [2.05, 4.69) is 5.32 Å². The molecule has 1 aliphatic rings. The number of sulfonamides is 1. The number of nitrogens with one attached hydrogen (secondary N) is 1. The Morgan fingerprint density at radius 1 is 1.39 bits per heavy atom. The van der Waals surface area contributed by atoms with Crippen molar-refractivity contribution < 1.29 is 13.2 Å². The third-order valence-corrected chi connectivity index (χ3v) is 4.79. The van der Waals surface area contributed by atoms with E-state index in [9.17, 15) is 13.2 Å². The van der Waals surface area contributed by atoms with Crippen LogP contribution in [0.15, 0.2) is 18.2 Å². The van der Waals surface area contributed by atoms with E-state index < -0.39 is 10.0 Å². The zero-order valence-electron chi connectivity index (χ0n) is 10.4. The minimum atomic E-state index is -3.18. The molecule has 0 radical (unpaired) electrons. The van der Waals surface area contributed by atoms with E-state index in [0.717, 1.165) is 5.56 Å². The summed E-state index contributed by atoms with van der Waals surface area (Å²) < 4.78 is 25.0. The Morgan fingerprint density at radius 2 is 2.11 bits per heavy atom. The van der Waals surface area contributed by atoms with Crippen LogP contribution in [0.4, 0.5) is 11.4 Å². The summed E-state index contributed by atoms with van der Waals surface area (Å²) >= 11 is 0. The van der Waals surface area contributed by atoms with Crippen LogP contribution < -0.4 is 9.62 Å². The van der Waals surface area contributed by atoms with Crippen LogP contribution in [-0.4, -0.2) is 26.6 Å². The van der Waals surface area contributed by atoms with Crippen molar-refractivity contribution in [3.05, 3.63) is 23.8 Å². The van der Waals surface area contributed by atoms with Crippen molar-refractivity contribution in [3.63, 3.8) is 0 Å². The number of amides is 1. The highest BCUT2D eigenvalue weighted by molar-refractivity contribution is 7.93. The molecule has 1 saturated heterocycles. The Hall–Kier alpha value is -1.56. The zero-order valence-corrected chi connectivity index (χ0v) is 11.3. The highest BCUT2D eigenvalue weighted by atomic mass is 32.2. The number of aryl methyl sites for hydroxylation is 1. The van der Waals surface area contributed by atoms with Gasteiger partial charge in [0.15, 0.2) is 0 Å². The molecule has 0 unspecified atom stereocenters. The highest BCUT2D eigenvalue weighted by Crippen LogP contribution is 2.28. The normalized spacial score (nSPS) is 17.8. The number of hydrogen-bond donors (Lipinski definition) is 1. The van der Waals surface area contributed by atoms with Gasteiger partial charge in [-0.2, -0.15) is 0 Å².